The van der Waals surface area contributed by atoms with Gasteiger partial charge in [-0.15, -0.1) is 11.3 Å². The van der Waals surface area contributed by atoms with E-state index in [1.165, 1.54) is 5.56 Å². The first kappa shape index (κ1) is 14.5. The predicted molar refractivity (Wildman–Crippen MR) is 83.4 cm³/mol. The zero-order valence-electron chi connectivity index (χ0n) is 11.7. The van der Waals surface area contributed by atoms with Crippen LogP contribution in [0.25, 0.3) is 0 Å². The monoisotopic (exact) mass is 289 g/mol. The van der Waals surface area contributed by atoms with E-state index in [1.54, 1.807) is 16.8 Å². The predicted octanol–water partition coefficient (Wildman–Crippen LogP) is 3.63. The van der Waals surface area contributed by atoms with Crippen molar-refractivity contribution >= 4 is 23.1 Å². The summed E-state index contributed by atoms with van der Waals surface area (Å²) in [5.74, 6) is 0.496. The van der Waals surface area contributed by atoms with Gasteiger partial charge < -0.3 is 10.6 Å². The molecule has 0 atom stereocenters. The average Bonchev–Trinajstić information content (AvgIpc) is 2.92. The van der Waals surface area contributed by atoms with Crippen LogP contribution >= 0.6 is 11.3 Å². The molecule has 0 fully saturated rings. The van der Waals surface area contributed by atoms with Crippen LogP contribution in [0.5, 0.6) is 0 Å². The molecule has 1 aromatic heterocycles. The van der Waals surface area contributed by atoms with Gasteiger partial charge in [-0.2, -0.15) is 0 Å². The van der Waals surface area contributed by atoms with Crippen molar-refractivity contribution in [3.63, 3.8) is 0 Å². The van der Waals surface area contributed by atoms with Crippen molar-refractivity contribution in [1.29, 1.82) is 0 Å². The van der Waals surface area contributed by atoms with Gasteiger partial charge in [-0.05, 0) is 23.6 Å². The number of nitrogens with zero attached hydrogens (tertiary/aromatic N) is 1. The molecule has 2 rings (SSSR count). The Kier molecular flexibility index (Phi) is 5.12. The highest BCUT2D eigenvalue weighted by molar-refractivity contribution is 7.07. The lowest BCUT2D eigenvalue weighted by Crippen LogP contribution is -2.30. The van der Waals surface area contributed by atoms with Crippen LogP contribution < -0.4 is 10.6 Å². The Morgan fingerprint density at radius 2 is 2.05 bits per heavy atom. The van der Waals surface area contributed by atoms with Gasteiger partial charge in [0.15, 0.2) is 0 Å². The summed E-state index contributed by atoms with van der Waals surface area (Å²) in [5.41, 5.74) is 4.88. The third-order valence-corrected chi connectivity index (χ3v) is 3.62. The highest BCUT2D eigenvalue weighted by Gasteiger charge is 2.03. The Labute approximate surface area is 123 Å². The molecular formula is C15H19N3OS. The van der Waals surface area contributed by atoms with Gasteiger partial charge in [0, 0.05) is 24.0 Å². The summed E-state index contributed by atoms with van der Waals surface area (Å²) in [5, 5.41) is 7.63. The highest BCUT2D eigenvalue weighted by Crippen LogP contribution is 2.16. The average molecular weight is 289 g/mol. The van der Waals surface area contributed by atoms with Crippen molar-refractivity contribution in [3.05, 3.63) is 46.4 Å². The lowest BCUT2D eigenvalue weighted by Gasteiger charge is -2.09. The fourth-order valence-electron chi connectivity index (χ4n) is 1.79. The zero-order valence-corrected chi connectivity index (χ0v) is 12.5. The maximum absolute atomic E-state index is 11.7. The number of urea groups is 1. The van der Waals surface area contributed by atoms with Crippen LogP contribution in [0.2, 0.25) is 0 Å². The topological polar surface area (TPSA) is 54.0 Å². The molecule has 2 aromatic rings. The number of aromatic nitrogens is 1. The van der Waals surface area contributed by atoms with Crippen LogP contribution in [0.1, 0.15) is 31.0 Å². The van der Waals surface area contributed by atoms with E-state index in [4.69, 9.17) is 0 Å². The van der Waals surface area contributed by atoms with E-state index < -0.39 is 0 Å². The largest absolute Gasteiger partial charge is 0.337 e. The SMILES string of the molecule is CC(C)c1ccc(NC(=O)NCCc2cscn2)cc1. The molecule has 0 saturated heterocycles. The maximum Gasteiger partial charge on any atom is 0.319 e. The molecular weight excluding hydrogens is 270 g/mol. The summed E-state index contributed by atoms with van der Waals surface area (Å²) >= 11 is 1.57. The van der Waals surface area contributed by atoms with E-state index in [2.05, 4.69) is 29.5 Å². The molecule has 0 aliphatic carbocycles. The summed E-state index contributed by atoms with van der Waals surface area (Å²) in [4.78, 5) is 15.9. The number of amides is 2. The molecule has 2 amide bonds. The second-order valence-electron chi connectivity index (χ2n) is 4.89. The maximum atomic E-state index is 11.7. The number of hydrogen-bond donors (Lipinski definition) is 2. The van der Waals surface area contributed by atoms with Crippen molar-refractivity contribution in [2.75, 3.05) is 11.9 Å². The van der Waals surface area contributed by atoms with Crippen LogP contribution in [-0.4, -0.2) is 17.6 Å². The summed E-state index contributed by atoms with van der Waals surface area (Å²) < 4.78 is 0. The smallest absolute Gasteiger partial charge is 0.319 e. The highest BCUT2D eigenvalue weighted by atomic mass is 32.1. The molecule has 5 heteroatoms. The van der Waals surface area contributed by atoms with Crippen molar-refractivity contribution in [2.45, 2.75) is 26.2 Å². The molecule has 1 aromatic carbocycles. The standard InChI is InChI=1S/C15H19N3OS/c1-11(2)12-3-5-13(6-4-12)18-15(19)16-8-7-14-9-20-10-17-14/h3-6,9-11H,7-8H2,1-2H3,(H2,16,18,19). The van der Waals surface area contributed by atoms with E-state index in [9.17, 15) is 4.79 Å². The Morgan fingerprint density at radius 3 is 2.65 bits per heavy atom. The van der Waals surface area contributed by atoms with E-state index in [0.29, 0.717) is 12.5 Å². The lowest BCUT2D eigenvalue weighted by molar-refractivity contribution is 0.252. The van der Waals surface area contributed by atoms with Crippen LogP contribution in [0, 0.1) is 0 Å². The van der Waals surface area contributed by atoms with E-state index >= 15 is 0 Å². The normalized spacial score (nSPS) is 10.6. The lowest BCUT2D eigenvalue weighted by atomic mass is 10.0. The quantitative estimate of drug-likeness (QED) is 0.883. The minimum atomic E-state index is -0.183. The minimum Gasteiger partial charge on any atom is -0.337 e. The number of thiazole rings is 1. The molecule has 106 valence electrons. The fraction of sp³-hybridized carbons (Fsp3) is 0.333. The van der Waals surface area contributed by atoms with Gasteiger partial charge in [-0.3, -0.25) is 0 Å². The fourth-order valence-corrected chi connectivity index (χ4v) is 2.38. The summed E-state index contributed by atoms with van der Waals surface area (Å²) in [7, 11) is 0. The first-order valence-corrected chi connectivity index (χ1v) is 7.61. The molecule has 0 aliphatic rings. The molecule has 0 unspecified atom stereocenters. The molecule has 2 N–H and O–H groups in total. The number of carbonyl (C=O) groups is 1. The molecule has 20 heavy (non-hydrogen) atoms. The minimum absolute atomic E-state index is 0.183. The third-order valence-electron chi connectivity index (χ3n) is 2.99. The summed E-state index contributed by atoms with van der Waals surface area (Å²) in [6.45, 7) is 4.88. The van der Waals surface area contributed by atoms with Gasteiger partial charge in [0.05, 0.1) is 11.2 Å². The van der Waals surface area contributed by atoms with Crippen molar-refractivity contribution < 1.29 is 4.79 Å². The molecule has 0 radical (unpaired) electrons. The first-order valence-electron chi connectivity index (χ1n) is 6.67. The van der Waals surface area contributed by atoms with Gasteiger partial charge in [0.2, 0.25) is 0 Å². The van der Waals surface area contributed by atoms with Gasteiger partial charge in [-0.25, -0.2) is 9.78 Å². The number of rotatable bonds is 5. The van der Waals surface area contributed by atoms with Crippen molar-refractivity contribution in [3.8, 4) is 0 Å². The first-order chi connectivity index (χ1) is 9.65. The van der Waals surface area contributed by atoms with Crippen molar-refractivity contribution in [1.82, 2.24) is 10.3 Å². The Balaban J connectivity index is 1.76. The number of anilines is 1. The molecule has 0 aliphatic heterocycles. The van der Waals surface area contributed by atoms with Gasteiger partial charge in [-0.1, -0.05) is 26.0 Å². The van der Waals surface area contributed by atoms with Crippen molar-refractivity contribution in [2.24, 2.45) is 0 Å². The van der Waals surface area contributed by atoms with Gasteiger partial charge in [0.1, 0.15) is 0 Å². The Morgan fingerprint density at radius 1 is 1.30 bits per heavy atom. The van der Waals surface area contributed by atoms with Crippen LogP contribution in [-0.2, 0) is 6.42 Å². The van der Waals surface area contributed by atoms with Crippen LogP contribution in [0.3, 0.4) is 0 Å². The van der Waals surface area contributed by atoms with E-state index in [1.807, 2.05) is 29.6 Å². The Bertz CT molecular complexity index is 535. The number of benzene rings is 1. The van der Waals surface area contributed by atoms with E-state index in [0.717, 1.165) is 17.8 Å². The van der Waals surface area contributed by atoms with E-state index in [-0.39, 0.29) is 6.03 Å². The Hall–Kier alpha value is -1.88. The molecule has 4 nitrogen and oxygen atoms in total. The molecule has 0 bridgehead atoms. The second kappa shape index (κ2) is 7.05. The second-order valence-corrected chi connectivity index (χ2v) is 5.61. The zero-order chi connectivity index (χ0) is 14.4. The number of carbonyl (C=O) groups excluding carboxylic acids is 1. The number of hydrogen-bond acceptors (Lipinski definition) is 3. The number of nitrogens with one attached hydrogen (secondary N) is 2. The van der Waals surface area contributed by atoms with Gasteiger partial charge >= 0.3 is 6.03 Å². The third kappa shape index (κ3) is 4.35. The van der Waals surface area contributed by atoms with Gasteiger partial charge in [0.25, 0.3) is 0 Å². The summed E-state index contributed by atoms with van der Waals surface area (Å²) in [6, 6.07) is 7.74. The summed E-state index contributed by atoms with van der Waals surface area (Å²) in [6.07, 6.45) is 0.753. The molecule has 0 saturated carbocycles. The molecule has 1 heterocycles. The van der Waals surface area contributed by atoms with Crippen LogP contribution in [0.15, 0.2) is 35.2 Å². The molecule has 0 spiro atoms. The van der Waals surface area contributed by atoms with Crippen LogP contribution in [0.4, 0.5) is 10.5 Å².